The zero-order chi connectivity index (χ0) is 20.3. The van der Waals surface area contributed by atoms with Crippen LogP contribution in [0, 0.1) is 6.92 Å². The number of hydrogen-bond acceptors (Lipinski definition) is 3. The lowest BCUT2D eigenvalue weighted by Gasteiger charge is -2.25. The fraction of sp³-hybridized carbons (Fsp3) is 0.304. The fourth-order valence-corrected chi connectivity index (χ4v) is 4.73. The summed E-state index contributed by atoms with van der Waals surface area (Å²) >= 11 is 0. The Bertz CT molecular complexity index is 1350. The standard InChI is InChI=1S/C23H23N3O3/c1-14-11-12-17(29-14)16-10-7-13-26-19(15-8-5-4-6-9-15)18-21(20(16)26)24(2)23(28)25(3)22(18)27/h4-6,8-9,11-12,16H,7,10,13H2,1-3H3/t16-/m0/s1. The van der Waals surface area contributed by atoms with Crippen molar-refractivity contribution >= 4 is 10.9 Å². The highest BCUT2D eigenvalue weighted by Gasteiger charge is 2.33. The molecule has 1 atom stereocenters. The maximum atomic E-state index is 13.3. The molecule has 4 heterocycles. The van der Waals surface area contributed by atoms with Gasteiger partial charge in [0.1, 0.15) is 11.5 Å². The molecule has 1 aliphatic rings. The summed E-state index contributed by atoms with van der Waals surface area (Å²) in [5, 5.41) is 0.603. The van der Waals surface area contributed by atoms with Crippen molar-refractivity contribution < 1.29 is 4.42 Å². The first-order valence-corrected chi connectivity index (χ1v) is 9.93. The quantitative estimate of drug-likeness (QED) is 0.527. The van der Waals surface area contributed by atoms with Crippen molar-refractivity contribution in [2.45, 2.75) is 32.2 Å². The molecule has 1 aromatic carbocycles. The third kappa shape index (κ3) is 2.48. The SMILES string of the molecule is Cc1ccc([C@@H]2CCCn3c(-c4ccccc4)c4c(=O)n(C)c(=O)n(C)c4c32)o1. The summed E-state index contributed by atoms with van der Waals surface area (Å²) < 4.78 is 11.0. The summed E-state index contributed by atoms with van der Waals surface area (Å²) in [5.74, 6) is 1.76. The van der Waals surface area contributed by atoms with Crippen LogP contribution in [-0.4, -0.2) is 13.7 Å². The first-order valence-electron chi connectivity index (χ1n) is 9.93. The molecule has 3 aromatic heterocycles. The highest BCUT2D eigenvalue weighted by Crippen LogP contribution is 2.43. The van der Waals surface area contributed by atoms with Gasteiger partial charge in [-0.2, -0.15) is 0 Å². The predicted octanol–water partition coefficient (Wildman–Crippen LogP) is 3.53. The predicted molar refractivity (Wildman–Crippen MR) is 112 cm³/mol. The number of aromatic nitrogens is 3. The second kappa shape index (κ2) is 6.37. The molecule has 0 amide bonds. The Morgan fingerprint density at radius 1 is 1.00 bits per heavy atom. The molecule has 6 heteroatoms. The van der Waals surface area contributed by atoms with E-state index in [9.17, 15) is 9.59 Å². The van der Waals surface area contributed by atoms with Gasteiger partial charge in [-0.3, -0.25) is 13.9 Å². The maximum absolute atomic E-state index is 13.3. The Hall–Kier alpha value is -3.28. The number of aryl methyl sites for hydroxylation is 2. The van der Waals surface area contributed by atoms with Crippen LogP contribution >= 0.6 is 0 Å². The zero-order valence-corrected chi connectivity index (χ0v) is 16.8. The number of furan rings is 1. The van der Waals surface area contributed by atoms with Gasteiger partial charge < -0.3 is 8.98 Å². The van der Waals surface area contributed by atoms with Gasteiger partial charge in [0.05, 0.1) is 28.2 Å². The van der Waals surface area contributed by atoms with Crippen LogP contribution in [0.2, 0.25) is 0 Å². The molecule has 4 aromatic rings. The molecule has 0 N–H and O–H groups in total. The number of rotatable bonds is 2. The number of fused-ring (bicyclic) bond motifs is 3. The number of hydrogen-bond donors (Lipinski definition) is 0. The van der Waals surface area contributed by atoms with Gasteiger partial charge >= 0.3 is 5.69 Å². The van der Waals surface area contributed by atoms with Crippen LogP contribution in [0.3, 0.4) is 0 Å². The summed E-state index contributed by atoms with van der Waals surface area (Å²) in [6, 6.07) is 13.9. The van der Waals surface area contributed by atoms with Gasteiger partial charge in [-0.1, -0.05) is 30.3 Å². The van der Waals surface area contributed by atoms with E-state index in [4.69, 9.17) is 4.42 Å². The van der Waals surface area contributed by atoms with Crippen LogP contribution in [0.25, 0.3) is 22.2 Å². The molecule has 0 unspecified atom stereocenters. The first kappa shape index (κ1) is 17.8. The van der Waals surface area contributed by atoms with Crippen molar-refractivity contribution in [1.82, 2.24) is 13.7 Å². The molecule has 5 rings (SSSR count). The van der Waals surface area contributed by atoms with Crippen molar-refractivity contribution in [3.8, 4) is 11.3 Å². The Morgan fingerprint density at radius 2 is 1.76 bits per heavy atom. The van der Waals surface area contributed by atoms with E-state index >= 15 is 0 Å². The molecule has 0 aliphatic carbocycles. The van der Waals surface area contributed by atoms with Crippen LogP contribution in [-0.2, 0) is 20.6 Å². The van der Waals surface area contributed by atoms with E-state index in [1.807, 2.05) is 49.4 Å². The van der Waals surface area contributed by atoms with Crippen LogP contribution in [0.4, 0.5) is 0 Å². The molecule has 0 radical (unpaired) electrons. The van der Waals surface area contributed by atoms with Gasteiger partial charge in [-0.25, -0.2) is 4.79 Å². The van der Waals surface area contributed by atoms with E-state index in [0.29, 0.717) is 5.39 Å². The molecule has 6 nitrogen and oxygen atoms in total. The Labute approximate surface area is 167 Å². The molecule has 1 aliphatic heterocycles. The largest absolute Gasteiger partial charge is 0.466 e. The van der Waals surface area contributed by atoms with Crippen LogP contribution in [0.5, 0.6) is 0 Å². The zero-order valence-electron chi connectivity index (χ0n) is 16.8. The minimum Gasteiger partial charge on any atom is -0.466 e. The van der Waals surface area contributed by atoms with Crippen molar-refractivity contribution in [3.63, 3.8) is 0 Å². The topological polar surface area (TPSA) is 62.1 Å². The second-order valence-corrected chi connectivity index (χ2v) is 7.82. The minimum absolute atomic E-state index is 0.00937. The molecule has 0 saturated heterocycles. The average molecular weight is 389 g/mol. The Balaban J connectivity index is 1.97. The van der Waals surface area contributed by atoms with Crippen molar-refractivity contribution in [3.05, 3.63) is 80.5 Å². The van der Waals surface area contributed by atoms with Gasteiger partial charge in [0.2, 0.25) is 0 Å². The lowest BCUT2D eigenvalue weighted by atomic mass is 9.93. The molecule has 0 bridgehead atoms. The molecule has 0 spiro atoms. The van der Waals surface area contributed by atoms with Gasteiger partial charge in [-0.05, 0) is 37.5 Å². The molecule has 148 valence electrons. The van der Waals surface area contributed by atoms with Gasteiger partial charge in [0.25, 0.3) is 5.56 Å². The van der Waals surface area contributed by atoms with Crippen LogP contribution < -0.4 is 11.2 Å². The Kier molecular flexibility index (Phi) is 3.91. The van der Waals surface area contributed by atoms with E-state index in [-0.39, 0.29) is 17.2 Å². The summed E-state index contributed by atoms with van der Waals surface area (Å²) in [4.78, 5) is 26.0. The molecule has 29 heavy (non-hydrogen) atoms. The summed E-state index contributed by atoms with van der Waals surface area (Å²) in [6.07, 6.45) is 1.90. The molecule has 0 saturated carbocycles. The van der Waals surface area contributed by atoms with Crippen LogP contribution in [0.1, 0.15) is 36.0 Å². The van der Waals surface area contributed by atoms with E-state index in [2.05, 4.69) is 4.57 Å². The third-order valence-corrected chi connectivity index (χ3v) is 6.06. The average Bonchev–Trinajstić information content (AvgIpc) is 3.32. The van der Waals surface area contributed by atoms with Crippen molar-refractivity contribution in [2.75, 3.05) is 0 Å². The summed E-state index contributed by atoms with van der Waals surface area (Å²) in [5.41, 5.74) is 3.02. The molecular formula is C23H23N3O3. The normalized spacial score (nSPS) is 16.3. The van der Waals surface area contributed by atoms with Gasteiger partial charge in [0.15, 0.2) is 0 Å². The third-order valence-electron chi connectivity index (χ3n) is 6.06. The smallest absolute Gasteiger partial charge is 0.331 e. The first-order chi connectivity index (χ1) is 14.0. The Morgan fingerprint density at radius 3 is 2.45 bits per heavy atom. The lowest BCUT2D eigenvalue weighted by molar-refractivity contribution is 0.409. The number of nitrogens with zero attached hydrogens (tertiary/aromatic N) is 3. The summed E-state index contributed by atoms with van der Waals surface area (Å²) in [6.45, 7) is 2.74. The second-order valence-electron chi connectivity index (χ2n) is 7.82. The van der Waals surface area contributed by atoms with E-state index in [1.165, 1.54) is 4.57 Å². The highest BCUT2D eigenvalue weighted by atomic mass is 16.3. The maximum Gasteiger partial charge on any atom is 0.331 e. The highest BCUT2D eigenvalue weighted by molar-refractivity contribution is 5.96. The molecule has 0 fully saturated rings. The lowest BCUT2D eigenvalue weighted by Crippen LogP contribution is -2.37. The van der Waals surface area contributed by atoms with E-state index < -0.39 is 0 Å². The number of benzene rings is 1. The van der Waals surface area contributed by atoms with Crippen molar-refractivity contribution in [1.29, 1.82) is 0 Å². The van der Waals surface area contributed by atoms with E-state index in [1.54, 1.807) is 18.7 Å². The molecular weight excluding hydrogens is 366 g/mol. The van der Waals surface area contributed by atoms with Crippen LogP contribution in [0.15, 0.2) is 56.5 Å². The van der Waals surface area contributed by atoms with Gasteiger partial charge in [0, 0.05) is 20.6 Å². The fourth-order valence-electron chi connectivity index (χ4n) is 4.73. The summed E-state index contributed by atoms with van der Waals surface area (Å²) in [7, 11) is 3.29. The monoisotopic (exact) mass is 389 g/mol. The van der Waals surface area contributed by atoms with Crippen molar-refractivity contribution in [2.24, 2.45) is 14.1 Å². The van der Waals surface area contributed by atoms with E-state index in [0.717, 1.165) is 53.4 Å². The van der Waals surface area contributed by atoms with Gasteiger partial charge in [-0.15, -0.1) is 0 Å². The minimum atomic E-state index is -0.310.